The first-order valence-corrected chi connectivity index (χ1v) is 11.3. The number of rotatable bonds is 8. The number of carbonyl (C=O) groups is 1. The maximum Gasteiger partial charge on any atom is 0.422 e. The number of hydrogen-bond donors (Lipinski definition) is 1. The molecule has 1 amide bonds. The zero-order chi connectivity index (χ0) is 23.0. The summed E-state index contributed by atoms with van der Waals surface area (Å²) >= 11 is 0. The maximum absolute atomic E-state index is 12.8. The molecule has 170 valence electrons. The zero-order valence-corrected chi connectivity index (χ0v) is 17.8. The molecule has 3 rings (SSSR count). The Kier molecular flexibility index (Phi) is 6.00. The molecule has 1 atom stereocenters. The van der Waals surface area contributed by atoms with Gasteiger partial charge in [-0.1, -0.05) is 5.16 Å². The number of carbonyl (C=O) groups excluding carboxylic acids is 1. The summed E-state index contributed by atoms with van der Waals surface area (Å²) in [4.78, 5) is 20.9. The van der Waals surface area contributed by atoms with Crippen LogP contribution in [0.3, 0.4) is 0 Å². The van der Waals surface area contributed by atoms with Crippen molar-refractivity contribution in [1.82, 2.24) is 20.4 Å². The normalized spacial score (nSPS) is 16.6. The lowest BCUT2D eigenvalue weighted by molar-refractivity contribution is -0.153. The van der Waals surface area contributed by atoms with Gasteiger partial charge in [-0.3, -0.25) is 9.78 Å². The minimum atomic E-state index is -4.54. The van der Waals surface area contributed by atoms with Crippen molar-refractivity contribution >= 4 is 15.7 Å². The summed E-state index contributed by atoms with van der Waals surface area (Å²) in [6, 6.07) is 1.12. The van der Waals surface area contributed by atoms with Gasteiger partial charge in [0, 0.05) is 31.0 Å². The highest BCUT2D eigenvalue weighted by molar-refractivity contribution is 7.90. The summed E-state index contributed by atoms with van der Waals surface area (Å²) < 4.78 is 71.5. The van der Waals surface area contributed by atoms with Gasteiger partial charge in [0.15, 0.2) is 12.4 Å². The van der Waals surface area contributed by atoms with Gasteiger partial charge in [0.25, 0.3) is 5.91 Å². The van der Waals surface area contributed by atoms with Crippen LogP contribution in [0.15, 0.2) is 16.8 Å². The SMILES string of the molecule is Cc1nc(C(C)(CS(C)(=O)=O)NC(=O)c2cc(OCC(F)(F)F)c(C3CC3)cn2)no1. The minimum absolute atomic E-state index is 0.0330. The molecule has 1 unspecified atom stereocenters. The van der Waals surface area contributed by atoms with Crippen LogP contribution in [-0.2, 0) is 15.4 Å². The molecule has 0 bridgehead atoms. The lowest BCUT2D eigenvalue weighted by Crippen LogP contribution is -2.49. The Morgan fingerprint density at radius 1 is 1.35 bits per heavy atom. The molecule has 1 fully saturated rings. The number of nitrogens with zero attached hydrogens (tertiary/aromatic N) is 3. The molecule has 9 nitrogen and oxygen atoms in total. The highest BCUT2D eigenvalue weighted by Gasteiger charge is 2.38. The molecule has 1 saturated carbocycles. The number of nitrogens with one attached hydrogen (secondary N) is 1. The van der Waals surface area contributed by atoms with Crippen LogP contribution in [0, 0.1) is 6.92 Å². The van der Waals surface area contributed by atoms with Crippen molar-refractivity contribution in [3.63, 3.8) is 0 Å². The number of sulfone groups is 1. The first-order chi connectivity index (χ1) is 14.3. The molecule has 0 aliphatic heterocycles. The third-order valence-corrected chi connectivity index (χ3v) is 5.60. The van der Waals surface area contributed by atoms with Crippen LogP contribution >= 0.6 is 0 Å². The van der Waals surface area contributed by atoms with Gasteiger partial charge < -0.3 is 14.6 Å². The number of alkyl halides is 3. The molecule has 0 aromatic carbocycles. The zero-order valence-electron chi connectivity index (χ0n) is 17.0. The number of halogens is 3. The summed E-state index contributed by atoms with van der Waals surface area (Å²) in [5.41, 5.74) is -1.30. The Morgan fingerprint density at radius 2 is 2.03 bits per heavy atom. The predicted octanol–water partition coefficient (Wildman–Crippen LogP) is 2.28. The molecule has 2 aromatic rings. The summed E-state index contributed by atoms with van der Waals surface area (Å²) in [7, 11) is -3.60. The Hall–Kier alpha value is -2.70. The van der Waals surface area contributed by atoms with Gasteiger partial charge in [-0.15, -0.1) is 0 Å². The smallest absolute Gasteiger partial charge is 0.422 e. The molecule has 2 heterocycles. The van der Waals surface area contributed by atoms with Crippen molar-refractivity contribution in [2.24, 2.45) is 0 Å². The van der Waals surface area contributed by atoms with Crippen LogP contribution in [0.1, 0.15) is 53.5 Å². The molecular formula is C18H21F3N4O5S. The number of amides is 1. The second-order valence-corrected chi connectivity index (χ2v) is 9.92. The van der Waals surface area contributed by atoms with E-state index in [0.717, 1.165) is 25.2 Å². The van der Waals surface area contributed by atoms with E-state index >= 15 is 0 Å². The summed E-state index contributed by atoms with van der Waals surface area (Å²) in [5, 5.41) is 6.22. The summed E-state index contributed by atoms with van der Waals surface area (Å²) in [6.45, 7) is 1.39. The monoisotopic (exact) mass is 462 g/mol. The van der Waals surface area contributed by atoms with Gasteiger partial charge in [0.05, 0.1) is 5.75 Å². The highest BCUT2D eigenvalue weighted by atomic mass is 32.2. The fourth-order valence-corrected chi connectivity index (χ4v) is 4.33. The van der Waals surface area contributed by atoms with Gasteiger partial charge in [-0.05, 0) is 25.7 Å². The van der Waals surface area contributed by atoms with Crippen molar-refractivity contribution in [3.05, 3.63) is 35.2 Å². The third kappa shape index (κ3) is 6.15. The molecule has 13 heteroatoms. The number of aryl methyl sites for hydroxylation is 1. The topological polar surface area (TPSA) is 124 Å². The molecule has 2 aromatic heterocycles. The van der Waals surface area contributed by atoms with Crippen LogP contribution in [0.2, 0.25) is 0 Å². The van der Waals surface area contributed by atoms with E-state index in [4.69, 9.17) is 9.26 Å². The van der Waals surface area contributed by atoms with Crippen LogP contribution in [-0.4, -0.2) is 54.2 Å². The van der Waals surface area contributed by atoms with Crippen molar-refractivity contribution in [1.29, 1.82) is 0 Å². The number of pyridine rings is 1. The van der Waals surface area contributed by atoms with E-state index in [9.17, 15) is 26.4 Å². The summed E-state index contributed by atoms with van der Waals surface area (Å²) in [5.74, 6) is -1.31. The summed E-state index contributed by atoms with van der Waals surface area (Å²) in [6.07, 6.45) is -0.670. The van der Waals surface area contributed by atoms with E-state index in [1.807, 2.05) is 0 Å². The molecule has 31 heavy (non-hydrogen) atoms. The largest absolute Gasteiger partial charge is 0.484 e. The van der Waals surface area contributed by atoms with E-state index in [-0.39, 0.29) is 29.1 Å². The molecule has 1 N–H and O–H groups in total. The van der Waals surface area contributed by atoms with E-state index in [2.05, 4.69) is 20.4 Å². The fourth-order valence-electron chi connectivity index (χ4n) is 3.08. The Balaban J connectivity index is 1.89. The van der Waals surface area contributed by atoms with Gasteiger partial charge in [0.1, 0.15) is 26.8 Å². The number of aromatic nitrogens is 3. The first-order valence-electron chi connectivity index (χ1n) is 9.26. The van der Waals surface area contributed by atoms with Crippen molar-refractivity contribution in [3.8, 4) is 5.75 Å². The average Bonchev–Trinajstić information content (AvgIpc) is 3.37. The second-order valence-electron chi connectivity index (χ2n) is 7.78. The standard InChI is InChI=1S/C18H21F3N4O5S/c1-10-23-16(25-30-10)17(2,9-31(3,27)28)24-15(26)13-6-14(29-8-18(19,20)21)12(7-22-13)11-4-5-11/h6-7,11H,4-5,8-9H2,1-3H3,(H,24,26). The van der Waals surface area contributed by atoms with Crippen molar-refractivity contribution in [2.75, 3.05) is 18.6 Å². The molecule has 0 radical (unpaired) electrons. The predicted molar refractivity (Wildman–Crippen MR) is 101 cm³/mol. The van der Waals surface area contributed by atoms with E-state index in [0.29, 0.717) is 5.56 Å². The molecule has 0 spiro atoms. The fraction of sp³-hybridized carbons (Fsp3) is 0.556. The molecule has 0 saturated heterocycles. The lowest BCUT2D eigenvalue weighted by Gasteiger charge is -2.26. The third-order valence-electron chi connectivity index (χ3n) is 4.50. The Morgan fingerprint density at radius 3 is 2.55 bits per heavy atom. The number of ether oxygens (including phenoxy) is 1. The van der Waals surface area contributed by atoms with Gasteiger partial charge in [0.2, 0.25) is 5.89 Å². The van der Waals surface area contributed by atoms with Crippen LogP contribution < -0.4 is 10.1 Å². The van der Waals surface area contributed by atoms with Gasteiger partial charge in [-0.2, -0.15) is 18.2 Å². The van der Waals surface area contributed by atoms with Crippen LogP contribution in [0.25, 0.3) is 0 Å². The second kappa shape index (κ2) is 8.09. The van der Waals surface area contributed by atoms with Crippen molar-refractivity contribution < 1.29 is 35.6 Å². The average molecular weight is 462 g/mol. The Labute approximate surface area is 176 Å². The van der Waals surface area contributed by atoms with Crippen LogP contribution in [0.5, 0.6) is 5.75 Å². The Bertz CT molecular complexity index is 1080. The van der Waals surface area contributed by atoms with Gasteiger partial charge in [-0.25, -0.2) is 8.42 Å². The lowest BCUT2D eigenvalue weighted by atomic mass is 10.0. The van der Waals surface area contributed by atoms with Crippen LogP contribution in [0.4, 0.5) is 13.2 Å². The van der Waals surface area contributed by atoms with E-state index in [1.54, 1.807) is 0 Å². The minimum Gasteiger partial charge on any atom is -0.484 e. The maximum atomic E-state index is 12.8. The highest BCUT2D eigenvalue weighted by Crippen LogP contribution is 2.44. The molecule has 1 aliphatic rings. The van der Waals surface area contributed by atoms with Crippen molar-refractivity contribution in [2.45, 2.75) is 44.3 Å². The molecular weight excluding hydrogens is 441 g/mol. The number of hydrogen-bond acceptors (Lipinski definition) is 8. The van der Waals surface area contributed by atoms with E-state index < -0.39 is 39.8 Å². The molecule has 1 aliphatic carbocycles. The first kappa shape index (κ1) is 23.0. The quantitative estimate of drug-likeness (QED) is 0.634. The van der Waals surface area contributed by atoms with Gasteiger partial charge >= 0.3 is 6.18 Å². The van der Waals surface area contributed by atoms with E-state index in [1.165, 1.54) is 20.0 Å².